The normalized spacial score (nSPS) is 13.0. The molecule has 3 nitrogen and oxygen atoms in total. The van der Waals surface area contributed by atoms with E-state index in [0.717, 1.165) is 5.69 Å². The molecular weight excluding hydrogens is 174 g/mol. The Labute approximate surface area is 86.3 Å². The first-order valence-electron chi connectivity index (χ1n) is 5.53. The second-order valence-electron chi connectivity index (χ2n) is 3.95. The van der Waals surface area contributed by atoms with Crippen LogP contribution in [0.4, 0.5) is 5.69 Å². The highest BCUT2D eigenvalue weighted by atomic mass is 15.3. The zero-order valence-corrected chi connectivity index (χ0v) is 9.24. The lowest BCUT2D eigenvalue weighted by Gasteiger charge is -2.11. The summed E-state index contributed by atoms with van der Waals surface area (Å²) in [6, 6.07) is 0.476. The molecule has 0 aromatic carbocycles. The van der Waals surface area contributed by atoms with Crippen molar-refractivity contribution in [2.24, 2.45) is 0 Å². The number of anilines is 1. The minimum atomic E-state index is 0.476. The van der Waals surface area contributed by atoms with Gasteiger partial charge in [-0.05, 0) is 13.3 Å². The highest BCUT2D eigenvalue weighted by Gasteiger charge is 2.04. The van der Waals surface area contributed by atoms with Gasteiger partial charge in [0.2, 0.25) is 0 Å². The molecule has 80 valence electrons. The third-order valence-electron chi connectivity index (χ3n) is 2.55. The lowest BCUT2D eigenvalue weighted by atomic mass is 10.1. The molecule has 2 N–H and O–H groups in total. The fourth-order valence-corrected chi connectivity index (χ4v) is 1.59. The van der Waals surface area contributed by atoms with Crippen molar-refractivity contribution in [2.75, 3.05) is 5.73 Å². The highest BCUT2D eigenvalue weighted by Crippen LogP contribution is 2.15. The van der Waals surface area contributed by atoms with E-state index >= 15 is 0 Å². The quantitative estimate of drug-likeness (QED) is 0.709. The van der Waals surface area contributed by atoms with Crippen molar-refractivity contribution in [1.82, 2.24) is 9.78 Å². The van der Waals surface area contributed by atoms with Crippen molar-refractivity contribution in [2.45, 2.75) is 52.0 Å². The fraction of sp³-hybridized carbons (Fsp3) is 0.727. The van der Waals surface area contributed by atoms with Gasteiger partial charge in [-0.15, -0.1) is 0 Å². The van der Waals surface area contributed by atoms with Crippen molar-refractivity contribution in [3.05, 3.63) is 12.4 Å². The Kier molecular flexibility index (Phi) is 4.50. The lowest BCUT2D eigenvalue weighted by molar-refractivity contribution is 0.436. The molecule has 0 saturated carbocycles. The minimum absolute atomic E-state index is 0.476. The number of hydrogen-bond donors (Lipinski definition) is 1. The molecule has 0 aliphatic carbocycles. The SMILES string of the molecule is CCCCCC[C@@H](C)n1cc(N)cn1. The highest BCUT2D eigenvalue weighted by molar-refractivity contribution is 5.30. The van der Waals surface area contributed by atoms with Crippen LogP contribution in [0.25, 0.3) is 0 Å². The Balaban J connectivity index is 2.25. The molecule has 0 fully saturated rings. The standard InChI is InChI=1S/C11H21N3/c1-3-4-5-6-7-10(2)14-9-11(12)8-13-14/h8-10H,3-7,12H2,1-2H3/t10-/m1/s1. The number of nitrogens with two attached hydrogens (primary N) is 1. The molecular formula is C11H21N3. The number of rotatable bonds is 6. The van der Waals surface area contributed by atoms with E-state index in [2.05, 4.69) is 18.9 Å². The fourth-order valence-electron chi connectivity index (χ4n) is 1.59. The van der Waals surface area contributed by atoms with Gasteiger partial charge in [-0.2, -0.15) is 5.10 Å². The summed E-state index contributed by atoms with van der Waals surface area (Å²) in [6.45, 7) is 4.43. The zero-order chi connectivity index (χ0) is 10.4. The maximum absolute atomic E-state index is 5.61. The third-order valence-corrected chi connectivity index (χ3v) is 2.55. The maximum atomic E-state index is 5.61. The zero-order valence-electron chi connectivity index (χ0n) is 9.24. The van der Waals surface area contributed by atoms with Crippen LogP contribution in [-0.2, 0) is 0 Å². The summed E-state index contributed by atoms with van der Waals surface area (Å²) >= 11 is 0. The van der Waals surface area contributed by atoms with Crippen LogP contribution in [-0.4, -0.2) is 9.78 Å². The Morgan fingerprint density at radius 3 is 2.79 bits per heavy atom. The molecule has 0 bridgehead atoms. The minimum Gasteiger partial charge on any atom is -0.396 e. The first-order valence-corrected chi connectivity index (χ1v) is 5.53. The molecule has 0 amide bonds. The number of hydrogen-bond acceptors (Lipinski definition) is 2. The van der Waals surface area contributed by atoms with E-state index in [-0.39, 0.29) is 0 Å². The number of nitrogens with zero attached hydrogens (tertiary/aromatic N) is 2. The van der Waals surface area contributed by atoms with Crippen LogP contribution in [0, 0.1) is 0 Å². The lowest BCUT2D eigenvalue weighted by Crippen LogP contribution is -2.05. The molecule has 0 spiro atoms. The largest absolute Gasteiger partial charge is 0.396 e. The van der Waals surface area contributed by atoms with E-state index in [1.165, 1.54) is 32.1 Å². The van der Waals surface area contributed by atoms with Gasteiger partial charge in [0.15, 0.2) is 0 Å². The predicted molar refractivity (Wildman–Crippen MR) is 60.1 cm³/mol. The van der Waals surface area contributed by atoms with Crippen LogP contribution >= 0.6 is 0 Å². The molecule has 14 heavy (non-hydrogen) atoms. The van der Waals surface area contributed by atoms with E-state index in [4.69, 9.17) is 5.73 Å². The van der Waals surface area contributed by atoms with Crippen LogP contribution in [0.2, 0.25) is 0 Å². The van der Waals surface area contributed by atoms with Gasteiger partial charge in [0, 0.05) is 12.2 Å². The molecule has 0 aliphatic rings. The summed E-state index contributed by atoms with van der Waals surface area (Å²) in [5, 5.41) is 4.21. The van der Waals surface area contributed by atoms with E-state index in [9.17, 15) is 0 Å². The Bertz CT molecular complexity index is 255. The topological polar surface area (TPSA) is 43.8 Å². The smallest absolute Gasteiger partial charge is 0.0719 e. The maximum Gasteiger partial charge on any atom is 0.0719 e. The van der Waals surface area contributed by atoms with E-state index < -0.39 is 0 Å². The molecule has 1 atom stereocenters. The number of unbranched alkanes of at least 4 members (excludes halogenated alkanes) is 3. The van der Waals surface area contributed by atoms with E-state index in [0.29, 0.717) is 6.04 Å². The van der Waals surface area contributed by atoms with Crippen LogP contribution in [0.3, 0.4) is 0 Å². The number of aromatic nitrogens is 2. The third kappa shape index (κ3) is 3.40. The molecule has 1 heterocycles. The molecule has 3 heteroatoms. The summed E-state index contributed by atoms with van der Waals surface area (Å²) in [5.41, 5.74) is 6.36. The van der Waals surface area contributed by atoms with Crippen molar-refractivity contribution < 1.29 is 0 Å². The van der Waals surface area contributed by atoms with Gasteiger partial charge in [-0.3, -0.25) is 4.68 Å². The average Bonchev–Trinajstić information content (AvgIpc) is 2.59. The summed E-state index contributed by atoms with van der Waals surface area (Å²) in [6.07, 6.45) is 10.1. The second-order valence-corrected chi connectivity index (χ2v) is 3.95. The predicted octanol–water partition coefficient (Wildman–Crippen LogP) is 3.00. The van der Waals surface area contributed by atoms with Gasteiger partial charge in [0.05, 0.1) is 11.9 Å². The Morgan fingerprint density at radius 2 is 2.21 bits per heavy atom. The first kappa shape index (κ1) is 11.1. The second kappa shape index (κ2) is 5.68. The van der Waals surface area contributed by atoms with Gasteiger partial charge in [0.25, 0.3) is 0 Å². The van der Waals surface area contributed by atoms with Crippen molar-refractivity contribution in [3.8, 4) is 0 Å². The number of nitrogen functional groups attached to an aromatic ring is 1. The summed E-state index contributed by atoms with van der Waals surface area (Å²) < 4.78 is 1.96. The molecule has 0 radical (unpaired) electrons. The molecule has 0 unspecified atom stereocenters. The Morgan fingerprint density at radius 1 is 1.43 bits per heavy atom. The Hall–Kier alpha value is -0.990. The summed E-state index contributed by atoms with van der Waals surface area (Å²) in [4.78, 5) is 0. The van der Waals surface area contributed by atoms with Crippen molar-refractivity contribution in [3.63, 3.8) is 0 Å². The van der Waals surface area contributed by atoms with Gasteiger partial charge in [-0.25, -0.2) is 0 Å². The van der Waals surface area contributed by atoms with Crippen molar-refractivity contribution in [1.29, 1.82) is 0 Å². The van der Waals surface area contributed by atoms with Gasteiger partial charge >= 0.3 is 0 Å². The van der Waals surface area contributed by atoms with Gasteiger partial charge in [0.1, 0.15) is 0 Å². The van der Waals surface area contributed by atoms with Gasteiger partial charge < -0.3 is 5.73 Å². The van der Waals surface area contributed by atoms with Crippen LogP contribution in [0.5, 0.6) is 0 Å². The summed E-state index contributed by atoms with van der Waals surface area (Å²) in [5.74, 6) is 0. The molecule has 1 aromatic heterocycles. The van der Waals surface area contributed by atoms with E-state index in [1.807, 2.05) is 10.9 Å². The molecule has 0 aliphatic heterocycles. The molecule has 0 saturated heterocycles. The first-order chi connectivity index (χ1) is 6.74. The van der Waals surface area contributed by atoms with Crippen LogP contribution in [0.1, 0.15) is 52.0 Å². The van der Waals surface area contributed by atoms with E-state index in [1.54, 1.807) is 6.20 Å². The summed E-state index contributed by atoms with van der Waals surface area (Å²) in [7, 11) is 0. The average molecular weight is 195 g/mol. The van der Waals surface area contributed by atoms with Crippen LogP contribution < -0.4 is 5.73 Å². The van der Waals surface area contributed by atoms with Crippen LogP contribution in [0.15, 0.2) is 12.4 Å². The molecule has 1 rings (SSSR count). The molecule has 1 aromatic rings. The monoisotopic (exact) mass is 195 g/mol. The van der Waals surface area contributed by atoms with Crippen molar-refractivity contribution >= 4 is 5.69 Å². The van der Waals surface area contributed by atoms with Gasteiger partial charge in [-0.1, -0.05) is 32.6 Å².